The molecule has 0 aliphatic carbocycles. The van der Waals surface area contributed by atoms with Crippen LogP contribution in [0.15, 0.2) is 52.3 Å². The van der Waals surface area contributed by atoms with Gasteiger partial charge in [-0.3, -0.25) is 10.1 Å². The monoisotopic (exact) mass is 478 g/mol. The maximum Gasteiger partial charge on any atom is 0.416 e. The van der Waals surface area contributed by atoms with Crippen molar-refractivity contribution in [2.75, 3.05) is 37.7 Å². The zero-order valence-corrected chi connectivity index (χ0v) is 18.7. The molecule has 3 aliphatic rings. The van der Waals surface area contributed by atoms with Crippen molar-refractivity contribution in [2.45, 2.75) is 40.5 Å². The number of rotatable bonds is 4. The average Bonchev–Trinajstić information content (AvgIpc) is 3.14. The largest absolute Gasteiger partial charge is 0.416 e. The summed E-state index contributed by atoms with van der Waals surface area (Å²) in [5.74, 6) is 0.0298. The van der Waals surface area contributed by atoms with Gasteiger partial charge in [-0.25, -0.2) is 0 Å². The van der Waals surface area contributed by atoms with E-state index in [4.69, 9.17) is 0 Å². The molecule has 3 aliphatic heterocycles. The number of aliphatic hydroxyl groups excluding tert-OH is 1. The topological polar surface area (TPSA) is 67.8 Å². The van der Waals surface area contributed by atoms with E-state index >= 15 is 0 Å². The molecule has 2 saturated heterocycles. The second-order valence-electron chi connectivity index (χ2n) is 8.76. The van der Waals surface area contributed by atoms with E-state index in [1.54, 1.807) is 4.90 Å². The van der Waals surface area contributed by atoms with E-state index in [-0.39, 0.29) is 12.5 Å². The summed E-state index contributed by atoms with van der Waals surface area (Å²) in [6.45, 7) is 2.37. The van der Waals surface area contributed by atoms with Crippen molar-refractivity contribution in [1.29, 1.82) is 0 Å². The zero-order chi connectivity index (χ0) is 23.2. The lowest BCUT2D eigenvalue weighted by Gasteiger charge is -2.39. The first-order chi connectivity index (χ1) is 15.7. The molecule has 10 heteroatoms. The van der Waals surface area contributed by atoms with E-state index in [0.717, 1.165) is 21.5 Å². The maximum absolute atomic E-state index is 13.4. The van der Waals surface area contributed by atoms with E-state index in [9.17, 15) is 23.1 Å². The van der Waals surface area contributed by atoms with Gasteiger partial charge < -0.3 is 20.2 Å². The molecule has 0 saturated carbocycles. The third kappa shape index (κ3) is 4.32. The highest BCUT2D eigenvalue weighted by Gasteiger charge is 2.44. The van der Waals surface area contributed by atoms with Crippen LogP contribution in [-0.4, -0.2) is 60.4 Å². The van der Waals surface area contributed by atoms with Gasteiger partial charge in [-0.2, -0.15) is 13.2 Å². The van der Waals surface area contributed by atoms with Crippen LogP contribution in [0.3, 0.4) is 0 Å². The number of carbonyl (C=O) groups excluding carboxylic acids is 1. The van der Waals surface area contributed by atoms with Crippen molar-refractivity contribution < 1.29 is 23.1 Å². The van der Waals surface area contributed by atoms with Gasteiger partial charge in [0.1, 0.15) is 5.54 Å². The minimum absolute atomic E-state index is 0.0298. The molecule has 176 valence electrons. The number of likely N-dealkylation sites (tertiary alicyclic amines) is 1. The Morgan fingerprint density at radius 2 is 1.79 bits per heavy atom. The van der Waals surface area contributed by atoms with Crippen molar-refractivity contribution in [3.8, 4) is 0 Å². The van der Waals surface area contributed by atoms with Crippen molar-refractivity contribution in [2.24, 2.45) is 0 Å². The van der Waals surface area contributed by atoms with E-state index in [2.05, 4.69) is 15.5 Å². The summed E-state index contributed by atoms with van der Waals surface area (Å²) in [5, 5.41) is 17.0. The number of hydrogen-bond donors (Lipinski definition) is 3. The molecule has 1 amide bonds. The molecule has 1 atom stereocenters. The normalized spacial score (nSPS) is 21.0. The van der Waals surface area contributed by atoms with Crippen LogP contribution in [0.25, 0.3) is 0 Å². The molecule has 3 heterocycles. The number of para-hydroxylation sites is 1. The molecule has 5 rings (SSSR count). The summed E-state index contributed by atoms with van der Waals surface area (Å²) in [7, 11) is 0. The summed E-state index contributed by atoms with van der Waals surface area (Å²) in [6.07, 6.45) is -3.90. The number of hydrogen-bond acceptors (Lipinski definition) is 6. The van der Waals surface area contributed by atoms with Crippen molar-refractivity contribution in [3.63, 3.8) is 0 Å². The highest BCUT2D eigenvalue weighted by molar-refractivity contribution is 7.99. The van der Waals surface area contributed by atoms with Crippen molar-refractivity contribution in [3.05, 3.63) is 48.0 Å². The lowest BCUT2D eigenvalue weighted by molar-refractivity contribution is -0.137. The third-order valence-electron chi connectivity index (χ3n) is 6.64. The molecular formula is C23H25F3N4O2S. The van der Waals surface area contributed by atoms with Crippen LogP contribution in [0, 0.1) is 0 Å². The number of nitrogens with one attached hydrogen (secondary N) is 2. The minimum atomic E-state index is -4.44. The Kier molecular flexibility index (Phi) is 5.80. The number of β-amino-alcohol motifs (C(OH)–C–C–N with tert-alkyl or cyclic N) is 1. The summed E-state index contributed by atoms with van der Waals surface area (Å²) in [5.41, 5.74) is 0.0245. The number of amides is 1. The minimum Gasteiger partial charge on any atom is -0.390 e. The molecule has 6 nitrogen and oxygen atoms in total. The Morgan fingerprint density at radius 3 is 2.48 bits per heavy atom. The number of nitrogens with zero attached hydrogens (tertiary/aromatic N) is 2. The molecule has 2 fully saturated rings. The molecule has 0 bridgehead atoms. The molecular weight excluding hydrogens is 453 g/mol. The van der Waals surface area contributed by atoms with Crippen LogP contribution in [-0.2, 0) is 11.0 Å². The molecule has 0 radical (unpaired) electrons. The lowest BCUT2D eigenvalue weighted by Crippen LogP contribution is -2.55. The predicted octanol–water partition coefficient (Wildman–Crippen LogP) is 3.18. The Bertz CT molecular complexity index is 1060. The number of piperidine rings is 1. The zero-order valence-electron chi connectivity index (χ0n) is 17.9. The number of halogens is 3. The number of fused-ring (bicyclic) bond motifs is 2. The van der Waals surface area contributed by atoms with Gasteiger partial charge in [0.05, 0.1) is 36.3 Å². The van der Waals surface area contributed by atoms with Gasteiger partial charge in [-0.05, 0) is 43.2 Å². The number of alkyl halides is 3. The van der Waals surface area contributed by atoms with Crippen LogP contribution in [0.4, 0.5) is 24.5 Å². The first kappa shape index (κ1) is 22.5. The van der Waals surface area contributed by atoms with Gasteiger partial charge in [0.25, 0.3) is 0 Å². The third-order valence-corrected chi connectivity index (χ3v) is 7.77. The van der Waals surface area contributed by atoms with Gasteiger partial charge in [0, 0.05) is 29.4 Å². The first-order valence-corrected chi connectivity index (χ1v) is 11.8. The highest BCUT2D eigenvalue weighted by atomic mass is 32.2. The van der Waals surface area contributed by atoms with Crippen molar-refractivity contribution in [1.82, 2.24) is 15.5 Å². The summed E-state index contributed by atoms with van der Waals surface area (Å²) < 4.78 is 40.2. The fourth-order valence-corrected chi connectivity index (χ4v) is 5.91. The van der Waals surface area contributed by atoms with E-state index in [1.807, 2.05) is 24.3 Å². The smallest absolute Gasteiger partial charge is 0.390 e. The van der Waals surface area contributed by atoms with E-state index in [0.29, 0.717) is 44.8 Å². The molecule has 3 N–H and O–H groups in total. The Balaban J connectivity index is 1.33. The SMILES string of the molecule is O=C1NCNC12CCN(C[C@H](O)CN1c3ccccc3Sc3ccc(C(F)(F)F)cc31)CC2. The van der Waals surface area contributed by atoms with E-state index < -0.39 is 23.4 Å². The summed E-state index contributed by atoms with van der Waals surface area (Å²) >= 11 is 1.43. The molecule has 2 aromatic carbocycles. The Hall–Kier alpha value is -2.27. The highest BCUT2D eigenvalue weighted by Crippen LogP contribution is 2.49. The molecule has 2 aromatic rings. The predicted molar refractivity (Wildman–Crippen MR) is 120 cm³/mol. The van der Waals surface area contributed by atoms with Gasteiger partial charge in [0.2, 0.25) is 5.91 Å². The fourth-order valence-electron chi connectivity index (χ4n) is 4.83. The molecule has 33 heavy (non-hydrogen) atoms. The number of carbonyl (C=O) groups is 1. The van der Waals surface area contributed by atoms with Gasteiger partial charge in [0.15, 0.2) is 0 Å². The molecule has 0 unspecified atom stereocenters. The second kappa shape index (κ2) is 8.50. The number of benzene rings is 2. The first-order valence-electron chi connectivity index (χ1n) is 10.9. The van der Waals surface area contributed by atoms with Crippen LogP contribution >= 0.6 is 11.8 Å². The molecule has 1 spiro atoms. The van der Waals surface area contributed by atoms with Crippen LogP contribution < -0.4 is 15.5 Å². The lowest BCUT2D eigenvalue weighted by atomic mass is 9.87. The Labute approximate surface area is 194 Å². The maximum atomic E-state index is 13.4. The van der Waals surface area contributed by atoms with Gasteiger partial charge in [-0.1, -0.05) is 23.9 Å². The summed E-state index contributed by atoms with van der Waals surface area (Å²) in [6, 6.07) is 11.3. The average molecular weight is 479 g/mol. The van der Waals surface area contributed by atoms with Crippen molar-refractivity contribution >= 4 is 29.0 Å². The van der Waals surface area contributed by atoms with E-state index in [1.165, 1.54) is 23.9 Å². The van der Waals surface area contributed by atoms with Crippen LogP contribution in [0.2, 0.25) is 0 Å². The molecule has 0 aromatic heterocycles. The van der Waals surface area contributed by atoms with Crippen LogP contribution in [0.1, 0.15) is 18.4 Å². The number of anilines is 2. The van der Waals surface area contributed by atoms with Crippen LogP contribution in [0.5, 0.6) is 0 Å². The van der Waals surface area contributed by atoms with Gasteiger partial charge >= 0.3 is 6.18 Å². The summed E-state index contributed by atoms with van der Waals surface area (Å²) in [4.78, 5) is 17.7. The number of aliphatic hydroxyl groups is 1. The Morgan fingerprint density at radius 1 is 1.06 bits per heavy atom. The quantitative estimate of drug-likeness (QED) is 0.628. The second-order valence-corrected chi connectivity index (χ2v) is 9.84. The standard InChI is InChI=1S/C23H25F3N4O2S/c24-23(25,26)15-5-6-20-18(11-15)30(17-3-1-2-4-19(17)33-20)13-16(31)12-29-9-7-22(8-10-29)21(32)27-14-28-22/h1-6,11,16,28,31H,7-10,12-14H2,(H,27,32)/t16-/m0/s1. The fraction of sp³-hybridized carbons (Fsp3) is 0.435. The van der Waals surface area contributed by atoms with Gasteiger partial charge in [-0.15, -0.1) is 0 Å².